The maximum atomic E-state index is 13.0. The summed E-state index contributed by atoms with van der Waals surface area (Å²) in [4.78, 5) is 37.6. The average Bonchev–Trinajstić information content (AvgIpc) is 3.52. The van der Waals surface area contributed by atoms with Crippen LogP contribution < -0.4 is 0 Å². The van der Waals surface area contributed by atoms with Crippen LogP contribution in [-0.4, -0.2) is 79.2 Å². The van der Waals surface area contributed by atoms with Crippen molar-refractivity contribution < 1.29 is 9.59 Å². The van der Waals surface area contributed by atoms with Gasteiger partial charge in [0.15, 0.2) is 0 Å². The van der Waals surface area contributed by atoms with Crippen molar-refractivity contribution >= 4 is 11.8 Å². The summed E-state index contributed by atoms with van der Waals surface area (Å²) in [6.45, 7) is 0.676. The van der Waals surface area contributed by atoms with E-state index in [1.165, 1.54) is 12.4 Å². The van der Waals surface area contributed by atoms with Crippen molar-refractivity contribution in [1.29, 1.82) is 0 Å². The van der Waals surface area contributed by atoms with Crippen molar-refractivity contribution in [2.24, 2.45) is 0 Å². The number of amides is 2. The highest BCUT2D eigenvalue weighted by Crippen LogP contribution is 2.21. The molecule has 0 radical (unpaired) electrons. The van der Waals surface area contributed by atoms with Crippen molar-refractivity contribution in [3.8, 4) is 22.8 Å². The highest BCUT2D eigenvalue weighted by molar-refractivity contribution is 6.00. The fourth-order valence-corrected chi connectivity index (χ4v) is 3.22. The summed E-state index contributed by atoms with van der Waals surface area (Å²) in [6, 6.07) is 10.9. The van der Waals surface area contributed by atoms with Gasteiger partial charge in [-0.3, -0.25) is 29.8 Å². The number of aromatic amines is 2. The minimum absolute atomic E-state index is 0.210. The lowest BCUT2D eigenvalue weighted by molar-refractivity contribution is 0.0719. The summed E-state index contributed by atoms with van der Waals surface area (Å²) < 4.78 is 0. The summed E-state index contributed by atoms with van der Waals surface area (Å²) >= 11 is 0. The monoisotopic (exact) mass is 430 g/mol. The number of hydrogen-bond donors (Lipinski definition) is 2. The Morgan fingerprint density at radius 1 is 0.750 bits per heavy atom. The van der Waals surface area contributed by atoms with Gasteiger partial charge < -0.3 is 9.80 Å². The Balaban J connectivity index is 1.42. The van der Waals surface area contributed by atoms with Gasteiger partial charge in [-0.05, 0) is 24.3 Å². The molecule has 32 heavy (non-hydrogen) atoms. The second-order valence-corrected chi connectivity index (χ2v) is 7.20. The van der Waals surface area contributed by atoms with Crippen LogP contribution in [0.15, 0.2) is 61.2 Å². The number of likely N-dealkylation sites (N-methyl/N-ethyl adjacent to an activating group) is 2. The average molecular weight is 430 g/mol. The van der Waals surface area contributed by atoms with E-state index in [2.05, 4.69) is 30.4 Å². The fourth-order valence-electron chi connectivity index (χ4n) is 3.22. The number of nitrogens with one attached hydrogen (secondary N) is 2. The number of pyridine rings is 2. The van der Waals surface area contributed by atoms with E-state index in [1.807, 2.05) is 12.1 Å². The van der Waals surface area contributed by atoms with Gasteiger partial charge in [-0.25, -0.2) is 0 Å². The van der Waals surface area contributed by atoms with Crippen LogP contribution in [0.5, 0.6) is 0 Å². The number of H-pyrrole nitrogens is 2. The minimum Gasteiger partial charge on any atom is -0.340 e. The third kappa shape index (κ3) is 4.24. The molecule has 2 N–H and O–H groups in total. The zero-order chi connectivity index (χ0) is 22.5. The number of nitrogens with zero attached hydrogens (tertiary/aromatic N) is 6. The van der Waals surface area contributed by atoms with Gasteiger partial charge in [-0.2, -0.15) is 10.2 Å². The second kappa shape index (κ2) is 9.21. The van der Waals surface area contributed by atoms with Gasteiger partial charge in [0.25, 0.3) is 11.8 Å². The molecule has 0 unspecified atom stereocenters. The van der Waals surface area contributed by atoms with Crippen molar-refractivity contribution in [2.45, 2.75) is 0 Å². The molecular weight excluding hydrogens is 408 g/mol. The summed E-state index contributed by atoms with van der Waals surface area (Å²) in [5, 5.41) is 13.7. The van der Waals surface area contributed by atoms with E-state index in [0.29, 0.717) is 47.0 Å². The first-order valence-corrected chi connectivity index (χ1v) is 9.96. The smallest absolute Gasteiger partial charge is 0.257 e. The molecule has 0 aliphatic carbocycles. The van der Waals surface area contributed by atoms with E-state index < -0.39 is 0 Å². The lowest BCUT2D eigenvalue weighted by Crippen LogP contribution is -2.37. The van der Waals surface area contributed by atoms with Crippen molar-refractivity contribution in [2.75, 3.05) is 27.2 Å². The molecule has 0 fully saturated rings. The van der Waals surface area contributed by atoms with E-state index in [9.17, 15) is 9.59 Å². The van der Waals surface area contributed by atoms with Gasteiger partial charge in [0.1, 0.15) is 0 Å². The fraction of sp³-hybridized carbons (Fsp3) is 0.182. The molecule has 4 heterocycles. The van der Waals surface area contributed by atoms with Gasteiger partial charge in [-0.15, -0.1) is 0 Å². The topological polar surface area (TPSA) is 124 Å². The highest BCUT2D eigenvalue weighted by atomic mass is 16.2. The zero-order valence-electron chi connectivity index (χ0n) is 17.7. The first-order chi connectivity index (χ1) is 15.6. The molecule has 0 aromatic carbocycles. The maximum Gasteiger partial charge on any atom is 0.257 e. The van der Waals surface area contributed by atoms with E-state index in [-0.39, 0.29) is 11.8 Å². The molecule has 0 aliphatic rings. The molecular formula is C22H22N8O2. The Labute approximate surface area is 184 Å². The molecule has 0 atom stereocenters. The molecule has 0 spiro atoms. The van der Waals surface area contributed by atoms with Crippen molar-refractivity contribution in [3.63, 3.8) is 0 Å². The molecule has 0 saturated heterocycles. The number of rotatable bonds is 7. The molecule has 162 valence electrons. The second-order valence-electron chi connectivity index (χ2n) is 7.20. The predicted octanol–water partition coefficient (Wildman–Crippen LogP) is 2.10. The van der Waals surface area contributed by atoms with Crippen LogP contribution in [0, 0.1) is 0 Å². The molecule has 4 aromatic rings. The van der Waals surface area contributed by atoms with Crippen LogP contribution in [0.3, 0.4) is 0 Å². The van der Waals surface area contributed by atoms with Crippen LogP contribution in [0.4, 0.5) is 0 Å². The van der Waals surface area contributed by atoms with Gasteiger partial charge in [0.05, 0.1) is 46.3 Å². The maximum absolute atomic E-state index is 13.0. The quantitative estimate of drug-likeness (QED) is 0.463. The number of carbonyl (C=O) groups is 2. The van der Waals surface area contributed by atoms with E-state index in [4.69, 9.17) is 0 Å². The molecule has 0 bridgehead atoms. The Morgan fingerprint density at radius 3 is 1.56 bits per heavy atom. The lowest BCUT2D eigenvalue weighted by atomic mass is 10.1. The Morgan fingerprint density at radius 2 is 1.19 bits per heavy atom. The van der Waals surface area contributed by atoms with Crippen LogP contribution in [0.1, 0.15) is 20.7 Å². The van der Waals surface area contributed by atoms with Crippen molar-refractivity contribution in [3.05, 3.63) is 72.3 Å². The summed E-state index contributed by atoms with van der Waals surface area (Å²) in [6.07, 6.45) is 6.29. The minimum atomic E-state index is -0.210. The van der Waals surface area contributed by atoms with Crippen LogP contribution >= 0.6 is 0 Å². The van der Waals surface area contributed by atoms with E-state index >= 15 is 0 Å². The Kier molecular flexibility index (Phi) is 6.02. The molecule has 10 nitrogen and oxygen atoms in total. The number of carbonyl (C=O) groups excluding carboxylic acids is 2. The number of aromatic nitrogens is 6. The van der Waals surface area contributed by atoms with E-state index in [0.717, 1.165) is 0 Å². The lowest BCUT2D eigenvalue weighted by Gasteiger charge is -2.22. The molecule has 4 rings (SSSR count). The first-order valence-electron chi connectivity index (χ1n) is 9.96. The normalized spacial score (nSPS) is 10.7. The third-order valence-electron chi connectivity index (χ3n) is 5.05. The summed E-state index contributed by atoms with van der Waals surface area (Å²) in [7, 11) is 3.38. The summed E-state index contributed by atoms with van der Waals surface area (Å²) in [5.41, 5.74) is 3.24. The predicted molar refractivity (Wildman–Crippen MR) is 118 cm³/mol. The molecule has 10 heteroatoms. The van der Waals surface area contributed by atoms with Crippen LogP contribution in [0.2, 0.25) is 0 Å². The van der Waals surface area contributed by atoms with Crippen LogP contribution in [-0.2, 0) is 0 Å². The van der Waals surface area contributed by atoms with Crippen molar-refractivity contribution in [1.82, 2.24) is 40.2 Å². The molecule has 0 aliphatic heterocycles. The Hall–Kier alpha value is -4.34. The SMILES string of the molecule is CN(CCN(C)C(=O)c1cn[nH]c1-c1ccccn1)C(=O)c1cn[nH]c1-c1ccccn1. The van der Waals surface area contributed by atoms with E-state index in [1.54, 1.807) is 60.6 Å². The van der Waals surface area contributed by atoms with Gasteiger partial charge >= 0.3 is 0 Å². The van der Waals surface area contributed by atoms with Gasteiger partial charge in [0, 0.05) is 39.6 Å². The molecule has 2 amide bonds. The zero-order valence-corrected chi connectivity index (χ0v) is 17.7. The molecule has 4 aromatic heterocycles. The standard InChI is InChI=1S/C22H22N8O2/c1-29(21(31)15-13-25-27-19(15)17-7-3-5-9-23-17)11-12-30(2)22(32)16-14-26-28-20(16)18-8-4-6-10-24-18/h3-10,13-14H,11-12H2,1-2H3,(H,25,27)(H,26,28). The largest absolute Gasteiger partial charge is 0.340 e. The number of hydrogen-bond acceptors (Lipinski definition) is 6. The first kappa shape index (κ1) is 20.9. The van der Waals surface area contributed by atoms with Crippen LogP contribution in [0.25, 0.3) is 22.8 Å². The molecule has 0 saturated carbocycles. The third-order valence-corrected chi connectivity index (χ3v) is 5.05. The Bertz CT molecular complexity index is 1110. The summed E-state index contributed by atoms with van der Waals surface area (Å²) in [5.74, 6) is -0.421. The highest BCUT2D eigenvalue weighted by Gasteiger charge is 2.22. The van der Waals surface area contributed by atoms with Gasteiger partial charge in [-0.1, -0.05) is 12.1 Å². The van der Waals surface area contributed by atoms with Gasteiger partial charge in [0.2, 0.25) is 0 Å².